The molecule has 9 aromatic carbocycles. The molecule has 0 saturated carbocycles. The minimum absolute atomic E-state index is 0.700. The molecular weight excluding hydrogens is 733 g/mol. The van der Waals surface area contributed by atoms with Crippen LogP contribution in [0, 0.1) is 0 Å². The zero-order chi connectivity index (χ0) is 40.5. The molecule has 6 nitrogen and oxygen atoms in total. The van der Waals surface area contributed by atoms with E-state index in [1.165, 1.54) is 0 Å². The van der Waals surface area contributed by atoms with E-state index < -0.39 is 0 Å². The van der Waals surface area contributed by atoms with Gasteiger partial charge in [-0.1, -0.05) is 103 Å². The van der Waals surface area contributed by atoms with Crippen molar-refractivity contribution < 1.29 is 0 Å². The Hall–Kier alpha value is -8.22. The summed E-state index contributed by atoms with van der Waals surface area (Å²) >= 11 is 0. The van der Waals surface area contributed by atoms with Crippen molar-refractivity contribution in [2.24, 2.45) is 0 Å². The van der Waals surface area contributed by atoms with Crippen LogP contribution in [0.4, 0.5) is 68.2 Å². The summed E-state index contributed by atoms with van der Waals surface area (Å²) < 4.78 is 0. The van der Waals surface area contributed by atoms with E-state index in [0.717, 1.165) is 84.8 Å². The van der Waals surface area contributed by atoms with Crippen LogP contribution >= 0.6 is 0 Å². The summed E-state index contributed by atoms with van der Waals surface area (Å²) in [5.41, 5.74) is 22.3. The molecule has 0 saturated heterocycles. The van der Waals surface area contributed by atoms with Crippen molar-refractivity contribution in [2.45, 2.75) is 0 Å². The van der Waals surface area contributed by atoms with E-state index >= 15 is 0 Å². The number of nitrogen functional groups attached to an aromatic ring is 1. The van der Waals surface area contributed by atoms with Gasteiger partial charge in [0.1, 0.15) is 0 Å². The summed E-state index contributed by atoms with van der Waals surface area (Å²) in [6.07, 6.45) is 0. The molecule has 0 aromatic heterocycles. The van der Waals surface area contributed by atoms with Crippen LogP contribution in [0.15, 0.2) is 231 Å². The quantitative estimate of drug-likeness (QED) is 0.0751. The van der Waals surface area contributed by atoms with Crippen molar-refractivity contribution in [1.82, 2.24) is 0 Å². The van der Waals surface area contributed by atoms with E-state index in [4.69, 9.17) is 5.73 Å². The van der Waals surface area contributed by atoms with Gasteiger partial charge in [-0.15, -0.1) is 0 Å². The molecule has 0 atom stereocenters. The largest absolute Gasteiger partial charge is 0.399 e. The van der Waals surface area contributed by atoms with Crippen molar-refractivity contribution in [3.63, 3.8) is 0 Å². The van der Waals surface area contributed by atoms with E-state index in [-0.39, 0.29) is 0 Å². The third-order valence-electron chi connectivity index (χ3n) is 10.3. The van der Waals surface area contributed by atoms with Crippen LogP contribution in [-0.2, 0) is 0 Å². The Bertz CT molecular complexity index is 2780. The third kappa shape index (κ3) is 8.84. The first-order chi connectivity index (χ1) is 29.6. The van der Waals surface area contributed by atoms with Gasteiger partial charge in [-0.05, 0) is 144 Å². The normalized spacial score (nSPS) is 10.7. The molecule has 290 valence electrons. The number of anilines is 12. The smallest absolute Gasteiger partial charge is 0.0698 e. The third-order valence-corrected chi connectivity index (χ3v) is 10.3. The van der Waals surface area contributed by atoms with Gasteiger partial charge in [0.25, 0.3) is 0 Å². The van der Waals surface area contributed by atoms with Gasteiger partial charge < -0.3 is 31.9 Å². The Morgan fingerprint density at radius 3 is 1.22 bits per heavy atom. The fraction of sp³-hybridized carbons (Fsp3) is 0. The number of benzene rings is 9. The van der Waals surface area contributed by atoms with Crippen LogP contribution in [0.2, 0.25) is 0 Å². The molecule has 0 aliphatic rings. The second kappa shape index (κ2) is 17.5. The van der Waals surface area contributed by atoms with Gasteiger partial charge in [0, 0.05) is 56.7 Å². The maximum absolute atomic E-state index is 6.31. The number of rotatable bonds is 13. The highest BCUT2D eigenvalue weighted by Crippen LogP contribution is 2.46. The van der Waals surface area contributed by atoms with E-state index in [0.29, 0.717) is 5.69 Å². The average Bonchev–Trinajstić information content (AvgIpc) is 3.30. The summed E-state index contributed by atoms with van der Waals surface area (Å²) in [5, 5.41) is 14.4. The molecule has 9 aromatic rings. The second-order valence-corrected chi connectivity index (χ2v) is 14.5. The lowest BCUT2D eigenvalue weighted by molar-refractivity contribution is 1.28. The molecule has 0 spiro atoms. The minimum atomic E-state index is 0.700. The molecule has 6 heteroatoms. The molecule has 0 radical (unpaired) electrons. The first-order valence-corrected chi connectivity index (χ1v) is 20.0. The summed E-state index contributed by atoms with van der Waals surface area (Å²) in [4.78, 5) is 2.32. The average molecular weight is 777 g/mol. The first-order valence-electron chi connectivity index (χ1n) is 20.0. The fourth-order valence-corrected chi connectivity index (χ4v) is 7.30. The monoisotopic (exact) mass is 776 g/mol. The summed E-state index contributed by atoms with van der Waals surface area (Å²) in [6, 6.07) is 79.6. The maximum Gasteiger partial charge on any atom is 0.0698 e. The van der Waals surface area contributed by atoms with Crippen molar-refractivity contribution >= 4 is 68.2 Å². The number of nitrogens with one attached hydrogen (secondary N) is 4. The van der Waals surface area contributed by atoms with Gasteiger partial charge in [0.15, 0.2) is 0 Å². The lowest BCUT2D eigenvalue weighted by atomic mass is 9.95. The van der Waals surface area contributed by atoms with Gasteiger partial charge in [-0.2, -0.15) is 0 Å². The topological polar surface area (TPSA) is 77.4 Å². The van der Waals surface area contributed by atoms with Crippen molar-refractivity contribution in [1.29, 1.82) is 0 Å². The zero-order valence-corrected chi connectivity index (χ0v) is 33.0. The molecular formula is C54H44N6. The van der Waals surface area contributed by atoms with Crippen LogP contribution in [0.1, 0.15) is 0 Å². The van der Waals surface area contributed by atoms with Crippen LogP contribution in [-0.4, -0.2) is 0 Å². The molecule has 0 aliphatic heterocycles. The molecule has 0 bridgehead atoms. The number of hydrogen-bond donors (Lipinski definition) is 5. The molecule has 0 unspecified atom stereocenters. The molecule has 0 aliphatic carbocycles. The summed E-state index contributed by atoms with van der Waals surface area (Å²) in [7, 11) is 0. The number of nitrogens with two attached hydrogens (primary N) is 1. The lowest BCUT2D eigenvalue weighted by Gasteiger charge is -2.31. The van der Waals surface area contributed by atoms with Gasteiger partial charge in [0.05, 0.1) is 17.1 Å². The van der Waals surface area contributed by atoms with E-state index in [2.05, 4.69) is 172 Å². The highest BCUT2D eigenvalue weighted by molar-refractivity contribution is 5.95. The van der Waals surface area contributed by atoms with Crippen LogP contribution in [0.3, 0.4) is 0 Å². The van der Waals surface area contributed by atoms with Crippen molar-refractivity contribution in [2.75, 3.05) is 31.9 Å². The SMILES string of the molecule is Nc1ccc(N(c2ccc(Nc3ccccc3)cc2Nc2ccccc2)c2ccc(-c3ccc(Nc4ccccc4)cc3)cc2-c2ccc(Nc3ccccc3)cc2)cc1. The number of hydrogen-bond acceptors (Lipinski definition) is 6. The van der Waals surface area contributed by atoms with Gasteiger partial charge >= 0.3 is 0 Å². The van der Waals surface area contributed by atoms with E-state index in [9.17, 15) is 0 Å². The van der Waals surface area contributed by atoms with Gasteiger partial charge in [-0.25, -0.2) is 0 Å². The summed E-state index contributed by atoms with van der Waals surface area (Å²) in [5.74, 6) is 0. The molecule has 0 heterocycles. The Labute approximate surface area is 351 Å². The number of para-hydroxylation sites is 4. The Morgan fingerprint density at radius 2 is 0.700 bits per heavy atom. The fourth-order valence-electron chi connectivity index (χ4n) is 7.30. The number of nitrogens with zero attached hydrogens (tertiary/aromatic N) is 1. The van der Waals surface area contributed by atoms with Crippen LogP contribution in [0.25, 0.3) is 22.3 Å². The molecule has 6 N–H and O–H groups in total. The molecule has 0 amide bonds. The lowest BCUT2D eigenvalue weighted by Crippen LogP contribution is -2.13. The molecule has 0 fully saturated rings. The highest BCUT2D eigenvalue weighted by atomic mass is 15.2. The summed E-state index contributed by atoms with van der Waals surface area (Å²) in [6.45, 7) is 0. The second-order valence-electron chi connectivity index (χ2n) is 14.5. The molecule has 9 rings (SSSR count). The predicted octanol–water partition coefficient (Wildman–Crippen LogP) is 15.0. The van der Waals surface area contributed by atoms with Crippen molar-refractivity contribution in [3.05, 3.63) is 231 Å². The first kappa shape index (κ1) is 37.4. The Morgan fingerprint density at radius 1 is 0.300 bits per heavy atom. The highest BCUT2D eigenvalue weighted by Gasteiger charge is 2.22. The Balaban J connectivity index is 1.18. The zero-order valence-electron chi connectivity index (χ0n) is 33.0. The van der Waals surface area contributed by atoms with E-state index in [1.54, 1.807) is 0 Å². The standard InChI is InChI=1S/C54H44N6/c55-42-26-33-50(34-27-42)60(54-36-32-49(58-45-17-9-3-10-18-45)38-52(54)59-46-19-11-4-12-20-46)53-35-25-41(39-21-28-47(29-22-39)56-43-13-5-1-6-14-43)37-51(53)40-23-30-48(31-24-40)57-44-15-7-2-8-16-44/h1-38,56-59H,55H2. The van der Waals surface area contributed by atoms with Crippen LogP contribution < -0.4 is 31.9 Å². The minimum Gasteiger partial charge on any atom is -0.399 e. The van der Waals surface area contributed by atoms with Gasteiger partial charge in [-0.3, -0.25) is 0 Å². The van der Waals surface area contributed by atoms with Crippen molar-refractivity contribution in [3.8, 4) is 22.3 Å². The molecule has 60 heavy (non-hydrogen) atoms. The maximum atomic E-state index is 6.31. The van der Waals surface area contributed by atoms with Gasteiger partial charge in [0.2, 0.25) is 0 Å². The van der Waals surface area contributed by atoms with E-state index in [1.807, 2.05) is 84.9 Å². The van der Waals surface area contributed by atoms with Crippen LogP contribution in [0.5, 0.6) is 0 Å². The Kier molecular flexibility index (Phi) is 10.9. The predicted molar refractivity (Wildman–Crippen MR) is 255 cm³/mol.